The van der Waals surface area contributed by atoms with Gasteiger partial charge in [-0.15, -0.1) is 0 Å². The van der Waals surface area contributed by atoms with Gasteiger partial charge in [-0.1, -0.05) is 0 Å². The Labute approximate surface area is 122 Å². The number of carbonyl (C=O) groups excluding carboxylic acids is 1. The van der Waals surface area contributed by atoms with Gasteiger partial charge in [-0.3, -0.25) is 10.1 Å². The number of nitrogens with zero attached hydrogens (tertiary/aromatic N) is 3. The molecule has 0 spiro atoms. The molecule has 0 unspecified atom stereocenters. The number of benzene rings is 1. The summed E-state index contributed by atoms with van der Waals surface area (Å²) in [5.41, 5.74) is 0.748. The molecule has 0 bridgehead atoms. The molecule has 0 amide bonds. The summed E-state index contributed by atoms with van der Waals surface area (Å²) in [7, 11) is 0. The number of non-ortho nitro benzene ring substituents is 1. The fourth-order valence-corrected chi connectivity index (χ4v) is 2.06. The number of nitro groups is 1. The average molecular weight is 340 g/mol. The third-order valence-corrected chi connectivity index (χ3v) is 3.02. The summed E-state index contributed by atoms with van der Waals surface area (Å²) in [6.45, 7) is 1.97. The largest absolute Gasteiger partial charge is 0.461 e. The van der Waals surface area contributed by atoms with E-state index in [0.29, 0.717) is 10.3 Å². The number of halogens is 1. The molecule has 20 heavy (non-hydrogen) atoms. The van der Waals surface area contributed by atoms with Crippen LogP contribution >= 0.6 is 15.9 Å². The highest BCUT2D eigenvalue weighted by atomic mass is 79.9. The number of aromatic nitrogens is 2. The van der Waals surface area contributed by atoms with Crippen molar-refractivity contribution in [3.05, 3.63) is 50.7 Å². The molecule has 2 aromatic rings. The Morgan fingerprint density at radius 3 is 2.65 bits per heavy atom. The molecular formula is C12H10BrN3O4. The maximum absolute atomic E-state index is 11.6. The van der Waals surface area contributed by atoms with Gasteiger partial charge < -0.3 is 4.74 Å². The predicted octanol–water partition coefficient (Wildman–Crippen LogP) is 2.72. The SMILES string of the molecule is CCOC(=O)c1cc(Br)n(-c2ccc([N+](=O)[O-])cc2)n1. The fraction of sp³-hybridized carbons (Fsp3) is 0.167. The topological polar surface area (TPSA) is 87.3 Å². The summed E-state index contributed by atoms with van der Waals surface area (Å²) in [5, 5.41) is 14.7. The number of rotatable bonds is 4. The zero-order chi connectivity index (χ0) is 14.7. The number of carbonyl (C=O) groups is 1. The standard InChI is InChI=1S/C12H10BrN3O4/c1-2-20-12(17)10-7-11(13)15(14-10)8-3-5-9(6-4-8)16(18)19/h3-7H,2H2,1H3. The summed E-state index contributed by atoms with van der Waals surface area (Å²) in [4.78, 5) is 21.7. The van der Waals surface area contributed by atoms with Gasteiger partial charge in [-0.2, -0.15) is 5.10 Å². The van der Waals surface area contributed by atoms with Crippen LogP contribution in [0, 0.1) is 10.1 Å². The van der Waals surface area contributed by atoms with Crippen LogP contribution in [0.5, 0.6) is 0 Å². The van der Waals surface area contributed by atoms with Crippen molar-refractivity contribution in [3.8, 4) is 5.69 Å². The average Bonchev–Trinajstić information content (AvgIpc) is 2.81. The second kappa shape index (κ2) is 5.83. The van der Waals surface area contributed by atoms with Crippen molar-refractivity contribution in [3.63, 3.8) is 0 Å². The van der Waals surface area contributed by atoms with Crippen LogP contribution in [0.15, 0.2) is 34.9 Å². The van der Waals surface area contributed by atoms with E-state index in [0.717, 1.165) is 0 Å². The number of nitro benzene ring substituents is 1. The van der Waals surface area contributed by atoms with Gasteiger partial charge in [-0.05, 0) is 35.0 Å². The number of ether oxygens (including phenoxy) is 1. The Kier molecular flexibility index (Phi) is 4.14. The van der Waals surface area contributed by atoms with Gasteiger partial charge in [0.1, 0.15) is 4.60 Å². The lowest BCUT2D eigenvalue weighted by Crippen LogP contribution is -2.06. The van der Waals surface area contributed by atoms with Crippen LogP contribution in [-0.2, 0) is 4.74 Å². The molecule has 7 nitrogen and oxygen atoms in total. The monoisotopic (exact) mass is 339 g/mol. The van der Waals surface area contributed by atoms with E-state index in [1.165, 1.54) is 22.9 Å². The summed E-state index contributed by atoms with van der Waals surface area (Å²) >= 11 is 3.28. The van der Waals surface area contributed by atoms with E-state index in [-0.39, 0.29) is 18.0 Å². The molecule has 0 aliphatic rings. The molecule has 1 heterocycles. The van der Waals surface area contributed by atoms with Crippen LogP contribution in [0.4, 0.5) is 5.69 Å². The fourth-order valence-electron chi connectivity index (χ4n) is 1.56. The Hall–Kier alpha value is -2.22. The molecule has 0 radical (unpaired) electrons. The second-order valence-electron chi connectivity index (χ2n) is 3.76. The van der Waals surface area contributed by atoms with Crippen molar-refractivity contribution in [1.29, 1.82) is 0 Å². The molecule has 0 aliphatic carbocycles. The van der Waals surface area contributed by atoms with Crippen LogP contribution in [0.25, 0.3) is 5.69 Å². The Morgan fingerprint density at radius 2 is 2.10 bits per heavy atom. The highest BCUT2D eigenvalue weighted by Gasteiger charge is 2.15. The van der Waals surface area contributed by atoms with Crippen molar-refractivity contribution in [2.24, 2.45) is 0 Å². The van der Waals surface area contributed by atoms with Gasteiger partial charge in [-0.25, -0.2) is 9.48 Å². The normalized spacial score (nSPS) is 10.3. The zero-order valence-corrected chi connectivity index (χ0v) is 12.0. The lowest BCUT2D eigenvalue weighted by atomic mass is 10.3. The molecule has 1 aromatic carbocycles. The first kappa shape index (κ1) is 14.2. The summed E-state index contributed by atoms with van der Waals surface area (Å²) in [6, 6.07) is 7.36. The molecule has 104 valence electrons. The Morgan fingerprint density at radius 1 is 1.45 bits per heavy atom. The molecule has 0 saturated carbocycles. The summed E-state index contributed by atoms with van der Waals surface area (Å²) < 4.78 is 6.86. The van der Waals surface area contributed by atoms with E-state index in [9.17, 15) is 14.9 Å². The molecule has 0 saturated heterocycles. The minimum absolute atomic E-state index is 0.0114. The van der Waals surface area contributed by atoms with Crippen LogP contribution in [0.3, 0.4) is 0 Å². The van der Waals surface area contributed by atoms with Gasteiger partial charge in [0, 0.05) is 18.2 Å². The molecular weight excluding hydrogens is 330 g/mol. The van der Waals surface area contributed by atoms with E-state index < -0.39 is 10.9 Å². The quantitative estimate of drug-likeness (QED) is 0.485. The van der Waals surface area contributed by atoms with E-state index in [1.54, 1.807) is 19.1 Å². The molecule has 0 fully saturated rings. The predicted molar refractivity (Wildman–Crippen MR) is 73.9 cm³/mol. The third-order valence-electron chi connectivity index (χ3n) is 2.46. The van der Waals surface area contributed by atoms with Crippen molar-refractivity contribution in [2.45, 2.75) is 6.92 Å². The van der Waals surface area contributed by atoms with Crippen LogP contribution < -0.4 is 0 Å². The second-order valence-corrected chi connectivity index (χ2v) is 4.57. The van der Waals surface area contributed by atoms with Crippen LogP contribution in [0.2, 0.25) is 0 Å². The van der Waals surface area contributed by atoms with Gasteiger partial charge >= 0.3 is 5.97 Å². The van der Waals surface area contributed by atoms with E-state index in [2.05, 4.69) is 21.0 Å². The molecule has 2 rings (SSSR count). The highest BCUT2D eigenvalue weighted by molar-refractivity contribution is 9.10. The van der Waals surface area contributed by atoms with Crippen molar-refractivity contribution >= 4 is 27.6 Å². The maximum Gasteiger partial charge on any atom is 0.358 e. The number of esters is 1. The van der Waals surface area contributed by atoms with Gasteiger partial charge in [0.15, 0.2) is 5.69 Å². The van der Waals surface area contributed by atoms with E-state index in [4.69, 9.17) is 4.74 Å². The minimum atomic E-state index is -0.520. The van der Waals surface area contributed by atoms with Crippen molar-refractivity contribution < 1.29 is 14.5 Å². The smallest absolute Gasteiger partial charge is 0.358 e. The molecule has 8 heteroatoms. The third kappa shape index (κ3) is 2.85. The lowest BCUT2D eigenvalue weighted by molar-refractivity contribution is -0.384. The van der Waals surface area contributed by atoms with Crippen LogP contribution in [0.1, 0.15) is 17.4 Å². The first-order chi connectivity index (χ1) is 9.52. The molecule has 0 aliphatic heterocycles. The molecule has 0 N–H and O–H groups in total. The van der Waals surface area contributed by atoms with Gasteiger partial charge in [0.25, 0.3) is 5.69 Å². The summed E-state index contributed by atoms with van der Waals surface area (Å²) in [6.07, 6.45) is 0. The van der Waals surface area contributed by atoms with Gasteiger partial charge in [0.05, 0.1) is 17.2 Å². The Bertz CT molecular complexity index is 651. The van der Waals surface area contributed by atoms with Crippen molar-refractivity contribution in [2.75, 3.05) is 6.61 Å². The zero-order valence-electron chi connectivity index (χ0n) is 10.4. The van der Waals surface area contributed by atoms with E-state index >= 15 is 0 Å². The number of hydrogen-bond acceptors (Lipinski definition) is 5. The molecule has 0 atom stereocenters. The van der Waals surface area contributed by atoms with Crippen molar-refractivity contribution in [1.82, 2.24) is 9.78 Å². The Balaban J connectivity index is 2.33. The summed E-state index contributed by atoms with van der Waals surface area (Å²) in [5.74, 6) is -0.520. The van der Waals surface area contributed by atoms with E-state index in [1.807, 2.05) is 0 Å². The number of hydrogen-bond donors (Lipinski definition) is 0. The van der Waals surface area contributed by atoms with Gasteiger partial charge in [0.2, 0.25) is 0 Å². The van der Waals surface area contributed by atoms with Crippen LogP contribution in [-0.4, -0.2) is 27.3 Å². The lowest BCUT2D eigenvalue weighted by Gasteiger charge is -2.02. The highest BCUT2D eigenvalue weighted by Crippen LogP contribution is 2.20. The minimum Gasteiger partial charge on any atom is -0.461 e. The first-order valence-corrected chi connectivity index (χ1v) is 6.49. The molecule has 1 aromatic heterocycles. The first-order valence-electron chi connectivity index (χ1n) is 5.70. The maximum atomic E-state index is 11.6.